The molecule has 0 aliphatic carbocycles. The van der Waals surface area contributed by atoms with Crippen molar-refractivity contribution in [1.29, 1.82) is 0 Å². The summed E-state index contributed by atoms with van der Waals surface area (Å²) in [7, 11) is 0.815. The first-order chi connectivity index (χ1) is 14.4. The molecule has 0 fully saturated rings. The van der Waals surface area contributed by atoms with Crippen LogP contribution in [0.2, 0.25) is 0 Å². The molecule has 2 rings (SSSR count). The van der Waals surface area contributed by atoms with Gasteiger partial charge in [0.05, 0.1) is 0 Å². The lowest BCUT2D eigenvalue weighted by atomic mass is 9.98. The number of aryl methyl sites for hydroxylation is 1. The Morgan fingerprint density at radius 1 is 1.03 bits per heavy atom. The van der Waals surface area contributed by atoms with Crippen molar-refractivity contribution in [3.05, 3.63) is 53.4 Å². The molecule has 0 aliphatic rings. The Morgan fingerprint density at radius 3 is 1.87 bits per heavy atom. The Balaban J connectivity index is 0. The van der Waals surface area contributed by atoms with E-state index in [0.29, 0.717) is 0 Å². The minimum absolute atomic E-state index is 0.188. The lowest BCUT2D eigenvalue weighted by Gasteiger charge is -2.16. The smallest absolute Gasteiger partial charge is 0.295 e. The van der Waals surface area contributed by atoms with E-state index in [2.05, 4.69) is 37.0 Å². The number of hydrogen-bond acceptors (Lipinski definition) is 2. The number of nitrogens with zero attached hydrogens (tertiary/aromatic N) is 2. The standard InChI is InChI=1S/C18H22N2OS.C2H3F3.2C2H6/c1-13(2)12-18-14(3)19-11-10-17(18)15-6-8-16(9-7-15)20(4)22(5)21;1-2(3,4)5;2*1-2/h6-12H,1-5H3;1H3;2*1-2H3. The van der Waals surface area contributed by atoms with Crippen LogP contribution in [0.15, 0.2) is 42.1 Å². The Kier molecular flexibility index (Phi) is 15.6. The van der Waals surface area contributed by atoms with Crippen molar-refractivity contribution >= 4 is 22.7 Å². The number of aromatic nitrogens is 1. The zero-order chi connectivity index (χ0) is 24.8. The summed E-state index contributed by atoms with van der Waals surface area (Å²) in [4.78, 5) is 4.39. The van der Waals surface area contributed by atoms with Gasteiger partial charge in [0.1, 0.15) is 11.0 Å². The third-order valence-corrected chi connectivity index (χ3v) is 4.53. The predicted molar refractivity (Wildman–Crippen MR) is 131 cm³/mol. The number of alkyl halides is 3. The molecule has 0 saturated carbocycles. The largest absolute Gasteiger partial charge is 0.386 e. The highest BCUT2D eigenvalue weighted by Gasteiger charge is 2.15. The van der Waals surface area contributed by atoms with Crippen molar-refractivity contribution in [2.75, 3.05) is 17.6 Å². The number of anilines is 1. The molecule has 31 heavy (non-hydrogen) atoms. The molecule has 0 saturated heterocycles. The van der Waals surface area contributed by atoms with E-state index >= 15 is 0 Å². The molecule has 0 spiro atoms. The highest BCUT2D eigenvalue weighted by atomic mass is 32.2. The van der Waals surface area contributed by atoms with Crippen LogP contribution in [0.3, 0.4) is 0 Å². The second-order valence-corrected chi connectivity index (χ2v) is 7.72. The lowest BCUT2D eigenvalue weighted by Crippen LogP contribution is -2.18. The summed E-state index contributed by atoms with van der Waals surface area (Å²) in [6, 6.07) is 10.2. The predicted octanol–water partition coefficient (Wildman–Crippen LogP) is 7.83. The molecule has 0 bridgehead atoms. The molecule has 176 valence electrons. The fraction of sp³-hybridized carbons (Fsp3) is 0.458. The maximum Gasteiger partial charge on any atom is 0.386 e. The molecule has 3 nitrogen and oxygen atoms in total. The van der Waals surface area contributed by atoms with Gasteiger partial charge in [-0.3, -0.25) is 9.29 Å². The summed E-state index contributed by atoms with van der Waals surface area (Å²) in [6.45, 7) is 14.4. The van der Waals surface area contributed by atoms with Crippen LogP contribution in [0.25, 0.3) is 17.2 Å². The molecule has 7 heteroatoms. The molecule has 1 aromatic carbocycles. The Morgan fingerprint density at radius 2 is 1.48 bits per heavy atom. The first-order valence-corrected chi connectivity index (χ1v) is 11.8. The average molecular weight is 459 g/mol. The van der Waals surface area contributed by atoms with E-state index < -0.39 is 17.2 Å². The number of allylic oxidation sites excluding steroid dienone is 1. The Bertz CT molecular complexity index is 807. The van der Waals surface area contributed by atoms with Crippen LogP contribution in [0.4, 0.5) is 18.9 Å². The van der Waals surface area contributed by atoms with Crippen molar-refractivity contribution < 1.29 is 17.4 Å². The van der Waals surface area contributed by atoms with Gasteiger partial charge in [0.25, 0.3) is 0 Å². The first kappa shape index (κ1) is 31.0. The number of benzene rings is 1. The average Bonchev–Trinajstić information content (AvgIpc) is 2.70. The van der Waals surface area contributed by atoms with Gasteiger partial charge in [-0.25, -0.2) is 4.21 Å². The molecule has 1 atom stereocenters. The van der Waals surface area contributed by atoms with E-state index in [0.717, 1.165) is 22.5 Å². The fourth-order valence-electron chi connectivity index (χ4n) is 2.30. The fourth-order valence-corrected chi connectivity index (χ4v) is 2.72. The summed E-state index contributed by atoms with van der Waals surface area (Å²) >= 11 is 0. The van der Waals surface area contributed by atoms with E-state index in [1.165, 1.54) is 11.1 Å². The van der Waals surface area contributed by atoms with Gasteiger partial charge < -0.3 is 0 Å². The van der Waals surface area contributed by atoms with Crippen LogP contribution in [-0.4, -0.2) is 28.7 Å². The summed E-state index contributed by atoms with van der Waals surface area (Å²) in [5.41, 5.74) is 6.67. The van der Waals surface area contributed by atoms with Gasteiger partial charge >= 0.3 is 6.18 Å². The minimum Gasteiger partial charge on any atom is -0.295 e. The van der Waals surface area contributed by atoms with Crippen LogP contribution in [-0.2, 0) is 11.0 Å². The zero-order valence-electron chi connectivity index (χ0n) is 20.4. The van der Waals surface area contributed by atoms with Crippen molar-refractivity contribution in [2.24, 2.45) is 0 Å². The topological polar surface area (TPSA) is 33.2 Å². The van der Waals surface area contributed by atoms with Crippen LogP contribution >= 0.6 is 0 Å². The molecule has 0 amide bonds. The van der Waals surface area contributed by atoms with Crippen molar-refractivity contribution in [1.82, 2.24) is 4.98 Å². The molecule has 1 unspecified atom stereocenters. The van der Waals surface area contributed by atoms with Crippen LogP contribution < -0.4 is 4.31 Å². The van der Waals surface area contributed by atoms with Crippen LogP contribution in [0.5, 0.6) is 0 Å². The van der Waals surface area contributed by atoms with Gasteiger partial charge in [-0.05, 0) is 50.1 Å². The molecule has 1 aromatic heterocycles. The van der Waals surface area contributed by atoms with E-state index in [1.807, 2.05) is 66.1 Å². The highest BCUT2D eigenvalue weighted by molar-refractivity contribution is 7.85. The normalized spacial score (nSPS) is 10.7. The minimum atomic E-state index is -4.00. The first-order valence-electron chi connectivity index (χ1n) is 10.2. The van der Waals surface area contributed by atoms with E-state index in [4.69, 9.17) is 0 Å². The van der Waals surface area contributed by atoms with Gasteiger partial charge in [0.15, 0.2) is 0 Å². The van der Waals surface area contributed by atoms with Gasteiger partial charge in [0.2, 0.25) is 0 Å². The molecule has 0 aliphatic heterocycles. The molecule has 2 aromatic rings. The van der Waals surface area contributed by atoms with Crippen molar-refractivity contribution in [3.8, 4) is 11.1 Å². The van der Waals surface area contributed by atoms with Crippen LogP contribution in [0.1, 0.15) is 59.7 Å². The van der Waals surface area contributed by atoms with Crippen molar-refractivity contribution in [2.45, 2.75) is 61.6 Å². The van der Waals surface area contributed by atoms with E-state index in [9.17, 15) is 17.4 Å². The highest BCUT2D eigenvalue weighted by Crippen LogP contribution is 2.29. The molecule has 0 radical (unpaired) electrons. The van der Waals surface area contributed by atoms with Gasteiger partial charge in [-0.1, -0.05) is 51.5 Å². The van der Waals surface area contributed by atoms with Crippen molar-refractivity contribution in [3.63, 3.8) is 0 Å². The molecular formula is C24H37F3N2OS. The number of halogens is 3. The number of pyridine rings is 1. The SMILES string of the molecule is CC.CC.CC(C)=Cc1c(-c2ccc(N(C)S(C)=O)cc2)ccnc1C.CC(F)(F)F. The second kappa shape index (κ2) is 15.6. The van der Waals surface area contributed by atoms with Gasteiger partial charge in [-0.2, -0.15) is 13.2 Å². The maximum absolute atomic E-state index is 11.5. The van der Waals surface area contributed by atoms with Gasteiger partial charge in [0, 0.05) is 43.4 Å². The third-order valence-electron chi connectivity index (χ3n) is 3.55. The summed E-state index contributed by atoms with van der Waals surface area (Å²) < 4.78 is 44.4. The second-order valence-electron chi connectivity index (χ2n) is 6.33. The summed E-state index contributed by atoms with van der Waals surface area (Å²) in [5, 5.41) is 0. The molecule has 0 N–H and O–H groups in total. The van der Waals surface area contributed by atoms with E-state index in [1.54, 1.807) is 10.6 Å². The summed E-state index contributed by atoms with van der Waals surface area (Å²) in [5.74, 6) is 0. The molecule has 1 heterocycles. The Hall–Kier alpha value is -2.15. The van der Waals surface area contributed by atoms with Crippen LogP contribution in [0, 0.1) is 6.92 Å². The Labute approximate surface area is 189 Å². The zero-order valence-corrected chi connectivity index (χ0v) is 21.2. The third kappa shape index (κ3) is 13.0. The number of hydrogen-bond donors (Lipinski definition) is 0. The molecular weight excluding hydrogens is 421 g/mol. The monoisotopic (exact) mass is 458 g/mol. The van der Waals surface area contributed by atoms with Gasteiger partial charge in [-0.15, -0.1) is 0 Å². The number of rotatable bonds is 4. The lowest BCUT2D eigenvalue weighted by molar-refractivity contribution is -0.110. The maximum atomic E-state index is 11.5. The quantitative estimate of drug-likeness (QED) is 0.468. The van der Waals surface area contributed by atoms with E-state index in [-0.39, 0.29) is 6.92 Å². The summed E-state index contributed by atoms with van der Waals surface area (Å²) in [6.07, 6.45) is 1.68.